The van der Waals surface area contributed by atoms with Crippen LogP contribution in [0.3, 0.4) is 0 Å². The van der Waals surface area contributed by atoms with Crippen LogP contribution in [0.1, 0.15) is 0 Å². The van der Waals surface area contributed by atoms with Crippen molar-refractivity contribution in [2.75, 3.05) is 0 Å². The van der Waals surface area contributed by atoms with E-state index in [9.17, 15) is 13.2 Å². The summed E-state index contributed by atoms with van der Waals surface area (Å²) in [7, 11) is -2.10. The predicted octanol–water partition coefficient (Wildman–Crippen LogP) is -0.121. The summed E-state index contributed by atoms with van der Waals surface area (Å²) < 4.78 is 24.8. The monoisotopic (exact) mass is 266 g/mol. The van der Waals surface area contributed by atoms with Gasteiger partial charge in [-0.25, -0.2) is 13.2 Å². The number of benzene rings is 1. The Kier molecular flexibility index (Phi) is 3.11. The van der Waals surface area contributed by atoms with Crippen molar-refractivity contribution >= 4 is 16.0 Å². The highest BCUT2D eigenvalue weighted by Crippen LogP contribution is 2.11. The minimum absolute atomic E-state index is 0.157. The van der Waals surface area contributed by atoms with Crippen LogP contribution in [-0.2, 0) is 16.9 Å². The molecule has 94 valence electrons. The molecule has 18 heavy (non-hydrogen) atoms. The van der Waals surface area contributed by atoms with E-state index in [1.165, 1.54) is 19.2 Å². The summed E-state index contributed by atoms with van der Waals surface area (Å²) in [6.45, 7) is 0. The third-order valence-corrected chi connectivity index (χ3v) is 3.63. The van der Waals surface area contributed by atoms with Gasteiger partial charge in [-0.3, -0.25) is 0 Å². The van der Waals surface area contributed by atoms with Crippen LogP contribution in [0.4, 0.5) is 0 Å². The van der Waals surface area contributed by atoms with E-state index in [1.54, 1.807) is 18.2 Å². The Labute approximate surface area is 103 Å². The lowest BCUT2D eigenvalue weighted by atomic mass is 10.4. The molecule has 1 heterocycles. The van der Waals surface area contributed by atoms with Gasteiger partial charge in [-0.1, -0.05) is 23.3 Å². The second-order valence-electron chi connectivity index (χ2n) is 3.45. The average Bonchev–Trinajstić information content (AvgIpc) is 2.68. The summed E-state index contributed by atoms with van der Waals surface area (Å²) in [5, 5.41) is 7.66. The third kappa shape index (κ3) is 2.38. The van der Waals surface area contributed by atoms with Crippen LogP contribution in [0, 0.1) is 0 Å². The van der Waals surface area contributed by atoms with E-state index in [2.05, 4.69) is 10.3 Å². The number of nitrogens with zero attached hydrogens (tertiary/aromatic N) is 4. The van der Waals surface area contributed by atoms with Crippen molar-refractivity contribution in [1.29, 1.82) is 0 Å². The fourth-order valence-corrected chi connectivity index (χ4v) is 2.27. The molecule has 0 atom stereocenters. The van der Waals surface area contributed by atoms with E-state index < -0.39 is 15.5 Å². The van der Waals surface area contributed by atoms with Crippen molar-refractivity contribution in [1.82, 2.24) is 19.8 Å². The normalized spacial score (nSPS) is 12.1. The molecule has 0 saturated heterocycles. The summed E-state index contributed by atoms with van der Waals surface area (Å²) in [6.07, 6.45) is 1.12. The molecule has 0 aliphatic heterocycles. The second kappa shape index (κ2) is 4.57. The minimum atomic E-state index is -3.58. The average molecular weight is 266 g/mol. The topological polar surface area (TPSA) is 86.8 Å². The first-order valence-corrected chi connectivity index (χ1v) is 6.52. The molecule has 2 aromatic rings. The van der Waals surface area contributed by atoms with Gasteiger partial charge in [0.15, 0.2) is 0 Å². The van der Waals surface area contributed by atoms with Crippen molar-refractivity contribution in [3.8, 4) is 0 Å². The highest BCUT2D eigenvalue weighted by molar-refractivity contribution is 7.94. The molecule has 0 bridgehead atoms. The molecule has 1 aromatic carbocycles. The van der Waals surface area contributed by atoms with Crippen molar-refractivity contribution in [2.24, 2.45) is 7.05 Å². The first-order valence-electron chi connectivity index (χ1n) is 4.97. The van der Waals surface area contributed by atoms with Gasteiger partial charge in [-0.2, -0.15) is 9.48 Å². The summed E-state index contributed by atoms with van der Waals surface area (Å²) >= 11 is 0. The number of rotatable bonds is 3. The molecule has 0 amide bonds. The zero-order valence-corrected chi connectivity index (χ0v) is 10.3. The van der Waals surface area contributed by atoms with E-state index in [0.29, 0.717) is 0 Å². The Balaban J connectivity index is 2.38. The Bertz CT molecular complexity index is 728. The van der Waals surface area contributed by atoms with Gasteiger partial charge < -0.3 is 0 Å². The molecule has 0 N–H and O–H groups in total. The molecular weight excluding hydrogens is 256 g/mol. The molecule has 2 rings (SSSR count). The van der Waals surface area contributed by atoms with Crippen molar-refractivity contribution < 1.29 is 8.42 Å². The Morgan fingerprint density at radius 3 is 2.44 bits per heavy atom. The van der Waals surface area contributed by atoms with Crippen molar-refractivity contribution in [3.63, 3.8) is 0 Å². The molecule has 7 nitrogen and oxygen atoms in total. The van der Waals surface area contributed by atoms with Gasteiger partial charge in [0.1, 0.15) is 0 Å². The fraction of sp³-hybridized carbons (Fsp3) is 0.100. The van der Waals surface area contributed by atoms with Gasteiger partial charge in [0.25, 0.3) is 0 Å². The summed E-state index contributed by atoms with van der Waals surface area (Å²) in [5.74, 6) is 0. The van der Waals surface area contributed by atoms with Gasteiger partial charge in [0.2, 0.25) is 9.84 Å². The molecule has 0 unspecified atom stereocenters. The van der Waals surface area contributed by atoms with Crippen molar-refractivity contribution in [3.05, 3.63) is 46.2 Å². The Morgan fingerprint density at radius 1 is 1.22 bits per heavy atom. The molecule has 8 heteroatoms. The highest BCUT2D eigenvalue weighted by Gasteiger charge is 2.09. The molecule has 1 aromatic heterocycles. The van der Waals surface area contributed by atoms with Crippen LogP contribution in [-0.4, -0.2) is 28.2 Å². The Morgan fingerprint density at radius 2 is 1.89 bits per heavy atom. The van der Waals surface area contributed by atoms with Crippen LogP contribution in [0.2, 0.25) is 0 Å². The van der Waals surface area contributed by atoms with Gasteiger partial charge in [0.05, 0.1) is 10.3 Å². The molecule has 0 aliphatic carbocycles. The van der Waals surface area contributed by atoms with E-state index in [0.717, 1.165) is 21.1 Å². The van der Waals surface area contributed by atoms with Crippen molar-refractivity contribution in [2.45, 2.75) is 4.90 Å². The SMILES string of the molecule is Cn1nnc(=O)n1/C=C/S(=O)(=O)c1ccccc1. The van der Waals surface area contributed by atoms with Crippen LogP contribution < -0.4 is 5.69 Å². The number of aromatic nitrogens is 4. The standard InChI is InChI=1S/C10H10N4O3S/c1-13-12-11-10(15)14(13)7-8-18(16,17)9-5-3-2-4-6-9/h2-8H,1H3/b8-7+. The molecule has 0 radical (unpaired) electrons. The number of hydrogen-bond donors (Lipinski definition) is 0. The smallest absolute Gasteiger partial charge is 0.242 e. The van der Waals surface area contributed by atoms with Gasteiger partial charge in [-0.15, -0.1) is 0 Å². The summed E-state index contributed by atoms with van der Waals surface area (Å²) in [4.78, 5) is 12.5. The van der Waals surface area contributed by atoms with Crippen LogP contribution in [0.15, 0.2) is 45.4 Å². The van der Waals surface area contributed by atoms with Gasteiger partial charge >= 0.3 is 5.69 Å². The quantitative estimate of drug-likeness (QED) is 0.773. The van der Waals surface area contributed by atoms with E-state index in [1.807, 2.05) is 0 Å². The molecular formula is C10H10N4O3S. The zero-order valence-electron chi connectivity index (χ0n) is 9.46. The highest BCUT2D eigenvalue weighted by atomic mass is 32.2. The van der Waals surface area contributed by atoms with Gasteiger partial charge in [0, 0.05) is 13.2 Å². The van der Waals surface area contributed by atoms with Crippen LogP contribution in [0.25, 0.3) is 6.20 Å². The molecule has 0 spiro atoms. The lowest BCUT2D eigenvalue weighted by Crippen LogP contribution is -2.17. The molecule has 0 saturated carbocycles. The van der Waals surface area contributed by atoms with E-state index in [4.69, 9.17) is 0 Å². The number of tetrazole rings is 1. The largest absolute Gasteiger partial charge is 0.387 e. The lowest BCUT2D eigenvalue weighted by Gasteiger charge is -1.99. The summed E-state index contributed by atoms with van der Waals surface area (Å²) in [5.41, 5.74) is -0.642. The molecule has 0 aliphatic rings. The number of sulfone groups is 1. The second-order valence-corrected chi connectivity index (χ2v) is 5.28. The first kappa shape index (κ1) is 12.2. The number of hydrogen-bond acceptors (Lipinski definition) is 5. The maximum atomic E-state index is 11.9. The maximum absolute atomic E-state index is 11.9. The summed E-state index contributed by atoms with van der Waals surface area (Å²) in [6, 6.07) is 7.92. The fourth-order valence-electron chi connectivity index (χ4n) is 1.30. The van der Waals surface area contributed by atoms with E-state index in [-0.39, 0.29) is 4.90 Å². The number of aryl methyl sites for hydroxylation is 1. The van der Waals surface area contributed by atoms with Crippen LogP contribution >= 0.6 is 0 Å². The lowest BCUT2D eigenvalue weighted by molar-refractivity contribution is 0.576. The molecule has 0 fully saturated rings. The van der Waals surface area contributed by atoms with Gasteiger partial charge in [-0.05, 0) is 17.3 Å². The van der Waals surface area contributed by atoms with E-state index >= 15 is 0 Å². The third-order valence-electron chi connectivity index (χ3n) is 2.22. The Hall–Kier alpha value is -2.22. The maximum Gasteiger partial charge on any atom is 0.387 e. The zero-order chi connectivity index (χ0) is 13.2. The predicted molar refractivity (Wildman–Crippen MR) is 64.2 cm³/mol. The minimum Gasteiger partial charge on any atom is -0.242 e. The first-order chi connectivity index (χ1) is 8.50. The van der Waals surface area contributed by atoms with Crippen LogP contribution in [0.5, 0.6) is 0 Å².